The van der Waals surface area contributed by atoms with E-state index in [1.54, 1.807) is 35.2 Å². The van der Waals surface area contributed by atoms with Crippen LogP contribution in [0.4, 0.5) is 17.1 Å². The highest BCUT2D eigenvalue weighted by Gasteiger charge is 2.18. The summed E-state index contributed by atoms with van der Waals surface area (Å²) in [4.78, 5) is 1.59. The molecule has 3 nitrogen and oxygen atoms in total. The lowest BCUT2D eigenvalue weighted by Gasteiger charge is -2.26. The van der Waals surface area contributed by atoms with Crippen LogP contribution in [-0.2, 0) is 0 Å². The Morgan fingerprint density at radius 1 is 0.418 bits per heavy atom. The second-order valence-electron chi connectivity index (χ2n) is 12.9. The van der Waals surface area contributed by atoms with Crippen LogP contribution in [-0.4, -0.2) is 9.67 Å². The van der Waals surface area contributed by atoms with Gasteiger partial charge in [-0.25, -0.2) is 0 Å². The Balaban J connectivity index is 1.13. The monoisotopic (exact) mass is 717 g/mol. The number of hydrogen-bond acceptors (Lipinski definition) is 2. The van der Waals surface area contributed by atoms with Gasteiger partial charge in [-0.15, -0.1) is 0 Å². The Morgan fingerprint density at radius 2 is 1.00 bits per heavy atom. The van der Waals surface area contributed by atoms with Crippen LogP contribution in [0.3, 0.4) is 0 Å². The summed E-state index contributed by atoms with van der Waals surface area (Å²) >= 11 is 0. The molecule has 0 unspecified atom stereocenters. The van der Waals surface area contributed by atoms with E-state index in [1.807, 2.05) is 66.7 Å². The fraction of sp³-hybridized carbons (Fsp3) is 0. The standard InChI is InChI=1S/C52H36N2O/c55-52-45(20-12-21-46(52)40-26-25-36-13-4-5-14-39(36)35-40)38-29-33-43(34-30-38)53(41-15-2-1-3-16-41)42-31-27-37(28-32-42)44-17-6-9-22-49(44)54-50-23-10-7-18-47(50)48-19-8-11-24-51(48)54/h1-35,55H/i4D,5D,12D,13D,14D,20D,21D,25D,26D,29D,30D,33D,34D. The molecule has 260 valence electrons. The number of nitrogens with zero attached hydrogens (tertiary/aromatic N) is 2. The number of aromatic hydroxyl groups is 1. The second kappa shape index (κ2) is 13.6. The zero-order chi connectivity index (χ0) is 48.0. The van der Waals surface area contributed by atoms with Crippen molar-refractivity contribution in [2.45, 2.75) is 0 Å². The van der Waals surface area contributed by atoms with E-state index in [4.69, 9.17) is 12.3 Å². The minimum absolute atomic E-state index is 0.154. The van der Waals surface area contributed by atoms with Gasteiger partial charge in [-0.05, 0) is 88.1 Å². The van der Waals surface area contributed by atoms with Gasteiger partial charge in [0.1, 0.15) is 5.75 Å². The Kier molecular flexibility index (Phi) is 5.27. The van der Waals surface area contributed by atoms with Gasteiger partial charge in [0.05, 0.1) is 34.5 Å². The summed E-state index contributed by atoms with van der Waals surface area (Å²) < 4.78 is 117. The second-order valence-corrected chi connectivity index (χ2v) is 12.9. The Labute approximate surface area is 338 Å². The van der Waals surface area contributed by atoms with Gasteiger partial charge in [0.2, 0.25) is 0 Å². The van der Waals surface area contributed by atoms with Crippen LogP contribution in [0.2, 0.25) is 0 Å². The van der Waals surface area contributed by atoms with Crippen LogP contribution < -0.4 is 4.90 Å². The van der Waals surface area contributed by atoms with Gasteiger partial charge >= 0.3 is 0 Å². The number of fused-ring (bicyclic) bond motifs is 4. The molecule has 0 spiro atoms. The van der Waals surface area contributed by atoms with Crippen molar-refractivity contribution in [3.63, 3.8) is 0 Å². The average molecular weight is 718 g/mol. The topological polar surface area (TPSA) is 28.4 Å². The third kappa shape index (κ3) is 5.70. The van der Waals surface area contributed by atoms with Crippen LogP contribution in [0, 0.1) is 0 Å². The van der Waals surface area contributed by atoms with E-state index >= 15 is 0 Å². The number of hydrogen-bond donors (Lipinski definition) is 1. The minimum atomic E-state index is -0.936. The zero-order valence-corrected chi connectivity index (χ0v) is 29.0. The third-order valence-electron chi connectivity index (χ3n) is 9.71. The molecule has 9 aromatic carbocycles. The molecule has 1 aromatic heterocycles. The van der Waals surface area contributed by atoms with Gasteiger partial charge < -0.3 is 14.6 Å². The van der Waals surface area contributed by atoms with Gasteiger partial charge in [-0.3, -0.25) is 0 Å². The SMILES string of the molecule is [2H]c1c([2H])c(-c2cc3c([2H])c([2H])c([2H])c([2H])c3c([2H])c2[2H])c(O)c(-c2c([2H])c([2H])c(N(c3ccccc3)c3ccc(-c4ccccc4-n4c5ccccc5c5ccccc54)cc3)c([2H])c2[2H])c1[2H]. The molecule has 0 aliphatic heterocycles. The number of phenolic OH excluding ortho intramolecular Hbond substituents is 1. The van der Waals surface area contributed by atoms with E-state index in [2.05, 4.69) is 34.9 Å². The summed E-state index contributed by atoms with van der Waals surface area (Å²) in [6.45, 7) is 0. The quantitative estimate of drug-likeness (QED) is 0.178. The van der Waals surface area contributed by atoms with Crippen molar-refractivity contribution in [1.82, 2.24) is 4.57 Å². The summed E-state index contributed by atoms with van der Waals surface area (Å²) in [5.74, 6) is -0.936. The van der Waals surface area contributed by atoms with Crippen molar-refractivity contribution in [2.75, 3.05) is 4.90 Å². The first-order valence-electron chi connectivity index (χ1n) is 24.1. The highest BCUT2D eigenvalue weighted by Crippen LogP contribution is 2.42. The summed E-state index contributed by atoms with van der Waals surface area (Å²) in [6.07, 6.45) is 0. The van der Waals surface area contributed by atoms with Crippen LogP contribution in [0.1, 0.15) is 17.8 Å². The molecule has 10 aromatic rings. The molecule has 3 heteroatoms. The summed E-state index contributed by atoms with van der Waals surface area (Å²) in [6, 6.07) is 33.6. The number of phenols is 1. The predicted octanol–water partition coefficient (Wildman–Crippen LogP) is 14.1. The number of para-hydroxylation sites is 5. The van der Waals surface area contributed by atoms with Gasteiger partial charge in [-0.2, -0.15) is 0 Å². The van der Waals surface area contributed by atoms with Gasteiger partial charge in [0.25, 0.3) is 0 Å². The first-order valence-corrected chi connectivity index (χ1v) is 17.6. The number of anilines is 3. The smallest absolute Gasteiger partial charge is 0.131 e. The van der Waals surface area contributed by atoms with E-state index in [0.29, 0.717) is 11.4 Å². The van der Waals surface area contributed by atoms with Gasteiger partial charge in [-0.1, -0.05) is 151 Å². The molecule has 0 atom stereocenters. The first-order chi connectivity index (χ1) is 32.6. The van der Waals surface area contributed by atoms with Crippen LogP contribution in [0.25, 0.3) is 71.6 Å². The summed E-state index contributed by atoms with van der Waals surface area (Å²) in [5, 5.41) is 13.8. The van der Waals surface area contributed by atoms with Crippen molar-refractivity contribution in [3.05, 3.63) is 212 Å². The largest absolute Gasteiger partial charge is 0.507 e. The van der Waals surface area contributed by atoms with Crippen LogP contribution >= 0.6 is 0 Å². The molecular formula is C52H36N2O. The molecule has 0 aliphatic carbocycles. The number of benzene rings is 9. The molecule has 0 aliphatic rings. The van der Waals surface area contributed by atoms with Crippen molar-refractivity contribution in [3.8, 4) is 44.8 Å². The predicted molar refractivity (Wildman–Crippen MR) is 231 cm³/mol. The number of rotatable bonds is 7. The summed E-state index contributed by atoms with van der Waals surface area (Å²) in [7, 11) is 0. The van der Waals surface area contributed by atoms with Crippen molar-refractivity contribution in [1.29, 1.82) is 0 Å². The Bertz CT molecular complexity index is 3660. The summed E-state index contributed by atoms with van der Waals surface area (Å²) in [5.41, 5.74) is 3.60. The molecule has 0 amide bonds. The normalized spacial score (nSPS) is 14.7. The maximum Gasteiger partial charge on any atom is 0.131 e. The molecule has 0 saturated carbocycles. The van der Waals surface area contributed by atoms with Crippen LogP contribution in [0.5, 0.6) is 5.75 Å². The molecule has 0 fully saturated rings. The molecular weight excluding hydrogens is 669 g/mol. The maximum atomic E-state index is 12.0. The highest BCUT2D eigenvalue weighted by atomic mass is 16.3. The van der Waals surface area contributed by atoms with E-state index in [-0.39, 0.29) is 22.0 Å². The Morgan fingerprint density at radius 3 is 1.73 bits per heavy atom. The fourth-order valence-electron chi connectivity index (χ4n) is 7.16. The van der Waals surface area contributed by atoms with Gasteiger partial charge in [0, 0.05) is 44.5 Å². The highest BCUT2D eigenvalue weighted by molar-refractivity contribution is 6.09. The number of aromatic nitrogens is 1. The van der Waals surface area contributed by atoms with Crippen molar-refractivity contribution < 1.29 is 22.9 Å². The van der Waals surface area contributed by atoms with Crippen molar-refractivity contribution >= 4 is 49.6 Å². The van der Waals surface area contributed by atoms with E-state index in [1.165, 1.54) is 0 Å². The molecule has 10 rings (SSSR count). The molecule has 0 bridgehead atoms. The minimum Gasteiger partial charge on any atom is -0.507 e. The lowest BCUT2D eigenvalue weighted by Crippen LogP contribution is -2.09. The Hall–Kier alpha value is -7.36. The molecule has 0 saturated heterocycles. The van der Waals surface area contributed by atoms with Crippen LogP contribution in [0.15, 0.2) is 212 Å². The molecule has 0 radical (unpaired) electrons. The van der Waals surface area contributed by atoms with E-state index < -0.39 is 101 Å². The van der Waals surface area contributed by atoms with E-state index in [9.17, 15) is 10.6 Å². The lowest BCUT2D eigenvalue weighted by molar-refractivity contribution is 0.479. The van der Waals surface area contributed by atoms with Gasteiger partial charge in [0.15, 0.2) is 0 Å². The maximum absolute atomic E-state index is 12.0. The third-order valence-corrected chi connectivity index (χ3v) is 9.71. The molecule has 1 heterocycles. The average Bonchev–Trinajstić information content (AvgIpc) is 3.69. The van der Waals surface area contributed by atoms with E-state index in [0.717, 1.165) is 44.7 Å². The molecule has 1 N–H and O–H groups in total. The lowest BCUT2D eigenvalue weighted by atomic mass is 9.95. The van der Waals surface area contributed by atoms with Crippen molar-refractivity contribution in [2.24, 2.45) is 0 Å². The first kappa shape index (κ1) is 21.4. The fourth-order valence-corrected chi connectivity index (χ4v) is 7.16. The molecule has 55 heavy (non-hydrogen) atoms. The zero-order valence-electron chi connectivity index (χ0n) is 42.0.